The minimum atomic E-state index is -3.13. The lowest BCUT2D eigenvalue weighted by Gasteiger charge is -2.26. The summed E-state index contributed by atoms with van der Waals surface area (Å²) in [5, 5.41) is 8.94. The Kier molecular flexibility index (Phi) is 2.79. The number of hydrogen-bond acceptors (Lipinski definition) is 5. The number of rotatable bonds is 4. The molecule has 5 nitrogen and oxygen atoms in total. The van der Waals surface area contributed by atoms with Gasteiger partial charge in [-0.1, -0.05) is 0 Å². The van der Waals surface area contributed by atoms with Crippen LogP contribution in [0.25, 0.3) is 0 Å². The number of sulfone groups is 1. The average Bonchev–Trinajstić information content (AvgIpc) is 2.88. The zero-order valence-corrected chi connectivity index (χ0v) is 9.50. The lowest BCUT2D eigenvalue weighted by Crippen LogP contribution is -2.41. The highest BCUT2D eigenvalue weighted by Gasteiger charge is 2.54. The first-order chi connectivity index (χ1) is 6.95. The summed E-state index contributed by atoms with van der Waals surface area (Å²) in [5.74, 6) is -0.925. The van der Waals surface area contributed by atoms with Gasteiger partial charge in [-0.05, 0) is 12.8 Å². The second kappa shape index (κ2) is 3.69. The lowest BCUT2D eigenvalue weighted by molar-refractivity contribution is -0.169. The Labute approximate surface area is 89.3 Å². The van der Waals surface area contributed by atoms with Crippen molar-refractivity contribution in [3.05, 3.63) is 0 Å². The molecule has 1 aliphatic carbocycles. The molecule has 0 aromatic carbocycles. The summed E-state index contributed by atoms with van der Waals surface area (Å²) in [5.41, 5.74) is 0. The van der Waals surface area contributed by atoms with Gasteiger partial charge in [0, 0.05) is 12.2 Å². The highest BCUT2D eigenvalue weighted by atomic mass is 32.2. The number of hydrogen-bond donors (Lipinski definition) is 1. The standard InChI is InChI=1S/C9H16O5S/c1-15(11,12)6-9(7-2-3-7)13-5-8(4-10)14-9/h7-8,10H,2-6H2,1H3/t8-,9+/m0/s1. The first-order valence-electron chi connectivity index (χ1n) is 5.05. The molecule has 1 saturated carbocycles. The molecule has 2 aliphatic rings. The topological polar surface area (TPSA) is 72.8 Å². The fourth-order valence-corrected chi connectivity index (χ4v) is 3.09. The third-order valence-corrected chi connectivity index (χ3v) is 3.67. The second-order valence-electron chi connectivity index (χ2n) is 4.39. The Balaban J connectivity index is 2.12. The Morgan fingerprint density at radius 1 is 1.47 bits per heavy atom. The smallest absolute Gasteiger partial charge is 0.185 e. The van der Waals surface area contributed by atoms with E-state index >= 15 is 0 Å². The summed E-state index contributed by atoms with van der Waals surface area (Å²) in [4.78, 5) is 0. The molecule has 0 unspecified atom stereocenters. The molecule has 6 heteroatoms. The third kappa shape index (κ3) is 2.50. The minimum absolute atomic E-state index is 0.110. The number of aliphatic hydroxyl groups excluding tert-OH is 1. The van der Waals surface area contributed by atoms with Crippen molar-refractivity contribution < 1.29 is 23.0 Å². The zero-order chi connectivity index (χ0) is 11.1. The van der Waals surface area contributed by atoms with Crippen LogP contribution in [0.1, 0.15) is 12.8 Å². The highest BCUT2D eigenvalue weighted by Crippen LogP contribution is 2.46. The Morgan fingerprint density at radius 3 is 2.53 bits per heavy atom. The molecule has 2 fully saturated rings. The maximum Gasteiger partial charge on any atom is 0.185 e. The molecule has 15 heavy (non-hydrogen) atoms. The molecule has 0 amide bonds. The summed E-state index contributed by atoms with van der Waals surface area (Å²) in [6.45, 7) is 0.154. The average molecular weight is 236 g/mol. The van der Waals surface area contributed by atoms with E-state index in [0.29, 0.717) is 0 Å². The summed E-state index contributed by atoms with van der Waals surface area (Å²) in [6.07, 6.45) is 2.67. The van der Waals surface area contributed by atoms with Gasteiger partial charge in [0.2, 0.25) is 0 Å². The maximum atomic E-state index is 11.3. The Bertz CT molecular complexity index is 334. The van der Waals surface area contributed by atoms with Crippen LogP contribution in [0.3, 0.4) is 0 Å². The second-order valence-corrected chi connectivity index (χ2v) is 6.53. The molecule has 2 rings (SSSR count). The van der Waals surface area contributed by atoms with Crippen molar-refractivity contribution >= 4 is 9.84 Å². The van der Waals surface area contributed by atoms with Gasteiger partial charge in [-0.25, -0.2) is 8.42 Å². The van der Waals surface area contributed by atoms with Gasteiger partial charge in [-0.2, -0.15) is 0 Å². The molecule has 88 valence electrons. The van der Waals surface area contributed by atoms with E-state index in [1.165, 1.54) is 6.26 Å². The van der Waals surface area contributed by atoms with Crippen molar-refractivity contribution in [2.45, 2.75) is 24.7 Å². The van der Waals surface area contributed by atoms with Crippen LogP contribution in [-0.2, 0) is 19.3 Å². The van der Waals surface area contributed by atoms with E-state index in [2.05, 4.69) is 0 Å². The Hall–Kier alpha value is -0.170. The summed E-state index contributed by atoms with van der Waals surface area (Å²) < 4.78 is 33.6. The SMILES string of the molecule is CS(=O)(=O)C[C@@]1(C2CC2)OC[C@H](CO)O1. The summed E-state index contributed by atoms with van der Waals surface area (Å²) in [7, 11) is -3.13. The lowest BCUT2D eigenvalue weighted by atomic mass is 10.2. The van der Waals surface area contributed by atoms with E-state index in [1.54, 1.807) is 0 Å². The molecule has 0 spiro atoms. The van der Waals surface area contributed by atoms with Crippen LogP contribution in [-0.4, -0.2) is 50.6 Å². The molecule has 0 bridgehead atoms. The normalized spacial score (nSPS) is 37.1. The van der Waals surface area contributed by atoms with Crippen molar-refractivity contribution in [2.24, 2.45) is 5.92 Å². The van der Waals surface area contributed by atoms with Crippen molar-refractivity contribution in [3.63, 3.8) is 0 Å². The largest absolute Gasteiger partial charge is 0.394 e. The van der Waals surface area contributed by atoms with Crippen LogP contribution in [0.15, 0.2) is 0 Å². The van der Waals surface area contributed by atoms with Crippen molar-refractivity contribution in [1.29, 1.82) is 0 Å². The third-order valence-electron chi connectivity index (χ3n) is 2.75. The van der Waals surface area contributed by atoms with Crippen LogP contribution in [0.4, 0.5) is 0 Å². The number of ether oxygens (including phenoxy) is 2. The predicted molar refractivity (Wildman–Crippen MR) is 53.1 cm³/mol. The molecule has 0 radical (unpaired) electrons. The van der Waals surface area contributed by atoms with E-state index in [9.17, 15) is 8.42 Å². The van der Waals surface area contributed by atoms with E-state index in [4.69, 9.17) is 14.6 Å². The summed E-state index contributed by atoms with van der Waals surface area (Å²) in [6, 6.07) is 0. The van der Waals surface area contributed by atoms with Gasteiger partial charge >= 0.3 is 0 Å². The predicted octanol–water partition coefficient (Wildman–Crippen LogP) is -0.455. The zero-order valence-electron chi connectivity index (χ0n) is 8.68. The van der Waals surface area contributed by atoms with Gasteiger partial charge < -0.3 is 14.6 Å². The van der Waals surface area contributed by atoms with Crippen molar-refractivity contribution in [2.75, 3.05) is 25.2 Å². The highest BCUT2D eigenvalue weighted by molar-refractivity contribution is 7.90. The van der Waals surface area contributed by atoms with E-state index in [0.717, 1.165) is 12.8 Å². The Morgan fingerprint density at radius 2 is 2.13 bits per heavy atom. The molecular weight excluding hydrogens is 220 g/mol. The van der Waals surface area contributed by atoms with Gasteiger partial charge in [0.05, 0.1) is 13.2 Å². The quantitative estimate of drug-likeness (QED) is 0.715. The van der Waals surface area contributed by atoms with Crippen molar-refractivity contribution in [3.8, 4) is 0 Å². The van der Waals surface area contributed by atoms with Gasteiger partial charge in [0.15, 0.2) is 15.6 Å². The number of aliphatic hydroxyl groups is 1. The molecule has 1 aliphatic heterocycles. The fraction of sp³-hybridized carbons (Fsp3) is 1.00. The van der Waals surface area contributed by atoms with Crippen LogP contribution in [0.5, 0.6) is 0 Å². The van der Waals surface area contributed by atoms with Gasteiger partial charge in [0.25, 0.3) is 0 Å². The van der Waals surface area contributed by atoms with Crippen LogP contribution < -0.4 is 0 Å². The monoisotopic (exact) mass is 236 g/mol. The van der Waals surface area contributed by atoms with Crippen LogP contribution in [0.2, 0.25) is 0 Å². The molecule has 1 N–H and O–H groups in total. The molecule has 0 aromatic rings. The molecule has 2 atom stereocenters. The molecule has 1 heterocycles. The fourth-order valence-electron chi connectivity index (χ4n) is 1.97. The first-order valence-corrected chi connectivity index (χ1v) is 7.11. The van der Waals surface area contributed by atoms with Crippen molar-refractivity contribution in [1.82, 2.24) is 0 Å². The molecule has 0 aromatic heterocycles. The summed E-state index contributed by atoms with van der Waals surface area (Å²) >= 11 is 0. The molecule has 1 saturated heterocycles. The minimum Gasteiger partial charge on any atom is -0.394 e. The van der Waals surface area contributed by atoms with Crippen LogP contribution >= 0.6 is 0 Å². The van der Waals surface area contributed by atoms with Gasteiger partial charge in [0.1, 0.15) is 11.9 Å². The van der Waals surface area contributed by atoms with E-state index in [1.807, 2.05) is 0 Å². The van der Waals surface area contributed by atoms with E-state index < -0.39 is 15.6 Å². The molecular formula is C9H16O5S. The first kappa shape index (κ1) is 11.3. The van der Waals surface area contributed by atoms with E-state index in [-0.39, 0.29) is 31.0 Å². The van der Waals surface area contributed by atoms with Gasteiger partial charge in [-0.3, -0.25) is 0 Å². The van der Waals surface area contributed by atoms with Crippen LogP contribution in [0, 0.1) is 5.92 Å². The van der Waals surface area contributed by atoms with Gasteiger partial charge in [-0.15, -0.1) is 0 Å². The maximum absolute atomic E-state index is 11.3.